The topological polar surface area (TPSA) is 49.2 Å². The van der Waals surface area contributed by atoms with Crippen LogP contribution in [0.15, 0.2) is 48.7 Å². The Morgan fingerprint density at radius 1 is 1.07 bits per heavy atom. The van der Waals surface area contributed by atoms with E-state index in [2.05, 4.69) is 36.4 Å². The first kappa shape index (κ1) is 20.2. The van der Waals surface area contributed by atoms with Crippen LogP contribution in [0, 0.1) is 5.92 Å². The highest BCUT2D eigenvalue weighted by molar-refractivity contribution is 6.02. The number of rotatable bonds is 8. The van der Waals surface area contributed by atoms with E-state index < -0.39 is 0 Å². The Morgan fingerprint density at radius 3 is 2.67 bits per heavy atom. The first-order chi connectivity index (χ1) is 14.6. The molecule has 0 N–H and O–H groups in total. The lowest BCUT2D eigenvalue weighted by Crippen LogP contribution is -2.08. The van der Waals surface area contributed by atoms with Gasteiger partial charge in [0.15, 0.2) is 0 Å². The summed E-state index contributed by atoms with van der Waals surface area (Å²) in [5.74, 6) is 3.32. The average molecular weight is 404 g/mol. The van der Waals surface area contributed by atoms with Gasteiger partial charge in [-0.15, -0.1) is 0 Å². The summed E-state index contributed by atoms with van der Waals surface area (Å²) in [7, 11) is 1.68. The number of aryl methyl sites for hydroxylation is 1. The molecule has 0 bridgehead atoms. The normalized spacial score (nSPS) is 11.5. The molecule has 4 aromatic rings. The lowest BCUT2D eigenvalue weighted by atomic mass is 10.1. The van der Waals surface area contributed by atoms with E-state index in [1.807, 2.05) is 42.6 Å². The molecule has 2 aromatic heterocycles. The standard InChI is InChI=1S/C25H29N3O2/c1-5-8-24-27-22-14-26-21-13-19(30-16-18-9-6-7-10-23(18)29-4)11-12-20(21)25(22)28(24)15-17(2)3/h6-7,9-14,17H,5,8,15-16H2,1-4H3. The van der Waals surface area contributed by atoms with Crippen molar-refractivity contribution in [2.75, 3.05) is 7.11 Å². The highest BCUT2D eigenvalue weighted by Crippen LogP contribution is 2.29. The van der Waals surface area contributed by atoms with Crippen molar-refractivity contribution < 1.29 is 9.47 Å². The Balaban J connectivity index is 1.70. The van der Waals surface area contributed by atoms with Gasteiger partial charge >= 0.3 is 0 Å². The molecule has 2 heterocycles. The molecular weight excluding hydrogens is 374 g/mol. The fraction of sp³-hybridized carbons (Fsp3) is 0.360. The summed E-state index contributed by atoms with van der Waals surface area (Å²) in [6, 6.07) is 14.0. The zero-order valence-electron chi connectivity index (χ0n) is 18.2. The largest absolute Gasteiger partial charge is 0.496 e. The third-order valence-corrected chi connectivity index (χ3v) is 5.23. The fourth-order valence-electron chi connectivity index (χ4n) is 3.89. The summed E-state index contributed by atoms with van der Waals surface area (Å²) >= 11 is 0. The second-order valence-corrected chi connectivity index (χ2v) is 8.05. The van der Waals surface area contributed by atoms with Gasteiger partial charge in [-0.3, -0.25) is 4.98 Å². The van der Waals surface area contributed by atoms with Crippen molar-refractivity contribution in [3.63, 3.8) is 0 Å². The number of aromatic nitrogens is 3. The van der Waals surface area contributed by atoms with Gasteiger partial charge in [-0.25, -0.2) is 4.98 Å². The number of nitrogens with zero attached hydrogens (tertiary/aromatic N) is 3. The molecule has 0 saturated carbocycles. The van der Waals surface area contributed by atoms with Gasteiger partial charge in [0.05, 0.1) is 24.3 Å². The van der Waals surface area contributed by atoms with E-state index in [0.29, 0.717) is 12.5 Å². The van der Waals surface area contributed by atoms with Crippen LogP contribution in [0.5, 0.6) is 11.5 Å². The number of benzene rings is 2. The maximum Gasteiger partial charge on any atom is 0.125 e. The summed E-state index contributed by atoms with van der Waals surface area (Å²) in [5.41, 5.74) is 4.08. The Hall–Kier alpha value is -3.08. The van der Waals surface area contributed by atoms with E-state index in [9.17, 15) is 0 Å². The van der Waals surface area contributed by atoms with Gasteiger partial charge in [0.25, 0.3) is 0 Å². The average Bonchev–Trinajstić information content (AvgIpc) is 3.09. The van der Waals surface area contributed by atoms with Gasteiger partial charge in [-0.2, -0.15) is 0 Å². The van der Waals surface area contributed by atoms with Crippen molar-refractivity contribution in [3.05, 3.63) is 60.0 Å². The molecular formula is C25H29N3O2. The van der Waals surface area contributed by atoms with Gasteiger partial charge in [-0.1, -0.05) is 39.0 Å². The Morgan fingerprint density at radius 2 is 1.90 bits per heavy atom. The summed E-state index contributed by atoms with van der Waals surface area (Å²) in [6.45, 7) is 8.09. The predicted octanol–water partition coefficient (Wildman–Crippen LogP) is 5.78. The third-order valence-electron chi connectivity index (χ3n) is 5.23. The van der Waals surface area contributed by atoms with Crippen LogP contribution < -0.4 is 9.47 Å². The Bertz CT molecular complexity index is 1160. The summed E-state index contributed by atoms with van der Waals surface area (Å²) in [6.07, 6.45) is 3.94. The van der Waals surface area contributed by atoms with Crippen LogP contribution in [0.1, 0.15) is 38.6 Å². The van der Waals surface area contributed by atoms with E-state index >= 15 is 0 Å². The number of imidazole rings is 1. The van der Waals surface area contributed by atoms with Crippen LogP contribution in [-0.4, -0.2) is 21.6 Å². The molecule has 0 aliphatic rings. The number of fused-ring (bicyclic) bond motifs is 3. The van der Waals surface area contributed by atoms with Crippen LogP contribution in [0.25, 0.3) is 21.9 Å². The summed E-state index contributed by atoms with van der Waals surface area (Å²) in [4.78, 5) is 9.55. The molecule has 0 radical (unpaired) electrons. The number of pyridine rings is 1. The molecule has 0 aliphatic carbocycles. The minimum absolute atomic E-state index is 0.448. The SMILES string of the molecule is CCCc1nc2cnc3cc(OCc4ccccc4OC)ccc3c2n1CC(C)C. The molecule has 0 amide bonds. The van der Waals surface area contributed by atoms with Crippen molar-refractivity contribution in [1.82, 2.24) is 14.5 Å². The summed E-state index contributed by atoms with van der Waals surface area (Å²) in [5, 5.41) is 1.12. The van der Waals surface area contributed by atoms with Crippen molar-refractivity contribution in [3.8, 4) is 11.5 Å². The lowest BCUT2D eigenvalue weighted by Gasteiger charge is -2.13. The number of methoxy groups -OCH3 is 1. The van der Waals surface area contributed by atoms with Gasteiger partial charge < -0.3 is 14.0 Å². The van der Waals surface area contributed by atoms with Crippen molar-refractivity contribution in [2.24, 2.45) is 5.92 Å². The van der Waals surface area contributed by atoms with E-state index in [4.69, 9.17) is 14.5 Å². The van der Waals surface area contributed by atoms with Crippen molar-refractivity contribution in [2.45, 2.75) is 46.8 Å². The molecule has 30 heavy (non-hydrogen) atoms. The van der Waals surface area contributed by atoms with Crippen LogP contribution in [0.2, 0.25) is 0 Å². The van der Waals surface area contributed by atoms with Gasteiger partial charge in [0, 0.05) is 30.0 Å². The number of para-hydroxylation sites is 1. The van der Waals surface area contributed by atoms with Gasteiger partial charge in [0.2, 0.25) is 0 Å². The van der Waals surface area contributed by atoms with E-state index in [1.54, 1.807) is 7.11 Å². The van der Waals surface area contributed by atoms with Crippen LogP contribution in [0.4, 0.5) is 0 Å². The van der Waals surface area contributed by atoms with Crippen LogP contribution >= 0.6 is 0 Å². The maximum absolute atomic E-state index is 6.05. The van der Waals surface area contributed by atoms with Crippen LogP contribution in [0.3, 0.4) is 0 Å². The molecule has 5 heteroatoms. The lowest BCUT2D eigenvalue weighted by molar-refractivity contribution is 0.297. The molecule has 0 spiro atoms. The van der Waals surface area contributed by atoms with E-state index in [0.717, 1.165) is 58.7 Å². The first-order valence-corrected chi connectivity index (χ1v) is 10.6. The zero-order chi connectivity index (χ0) is 21.1. The first-order valence-electron chi connectivity index (χ1n) is 10.6. The number of ether oxygens (including phenoxy) is 2. The molecule has 2 aromatic carbocycles. The highest BCUT2D eigenvalue weighted by atomic mass is 16.5. The highest BCUT2D eigenvalue weighted by Gasteiger charge is 2.15. The predicted molar refractivity (Wildman–Crippen MR) is 121 cm³/mol. The zero-order valence-corrected chi connectivity index (χ0v) is 18.2. The minimum Gasteiger partial charge on any atom is -0.496 e. The van der Waals surface area contributed by atoms with Gasteiger partial charge in [0.1, 0.15) is 29.4 Å². The van der Waals surface area contributed by atoms with Crippen molar-refractivity contribution >= 4 is 21.9 Å². The number of hydrogen-bond acceptors (Lipinski definition) is 4. The molecule has 0 saturated heterocycles. The smallest absolute Gasteiger partial charge is 0.125 e. The quantitative estimate of drug-likeness (QED) is 0.374. The summed E-state index contributed by atoms with van der Waals surface area (Å²) < 4.78 is 13.8. The van der Waals surface area contributed by atoms with Crippen LogP contribution in [-0.2, 0) is 19.6 Å². The molecule has 0 aliphatic heterocycles. The molecule has 156 valence electrons. The second-order valence-electron chi connectivity index (χ2n) is 8.05. The maximum atomic E-state index is 6.05. The third kappa shape index (κ3) is 3.97. The number of hydrogen-bond donors (Lipinski definition) is 0. The Labute approximate surface area is 177 Å². The monoisotopic (exact) mass is 403 g/mol. The molecule has 0 unspecified atom stereocenters. The molecule has 0 atom stereocenters. The van der Waals surface area contributed by atoms with E-state index in [1.165, 1.54) is 5.52 Å². The van der Waals surface area contributed by atoms with Gasteiger partial charge in [-0.05, 0) is 30.5 Å². The molecule has 0 fully saturated rings. The minimum atomic E-state index is 0.448. The molecule has 4 rings (SSSR count). The molecule has 5 nitrogen and oxygen atoms in total. The second kappa shape index (κ2) is 8.74. The van der Waals surface area contributed by atoms with E-state index in [-0.39, 0.29) is 0 Å². The van der Waals surface area contributed by atoms with Crippen molar-refractivity contribution in [1.29, 1.82) is 0 Å². The fourth-order valence-corrected chi connectivity index (χ4v) is 3.89. The Kier molecular flexibility index (Phi) is 5.88.